The molecule has 1 aromatic rings. The average Bonchev–Trinajstić information content (AvgIpc) is 2.67. The molecule has 0 saturated heterocycles. The number of halogens is 1. The zero-order valence-electron chi connectivity index (χ0n) is 10.3. The number of benzene rings is 1. The number of esters is 1. The number of anilines is 1. The number of hydrazone groups is 1. The summed E-state index contributed by atoms with van der Waals surface area (Å²) < 4.78 is 5.89. The predicted octanol–water partition coefficient (Wildman–Crippen LogP) is 2.78. The molecule has 1 heterocycles. The molecule has 0 spiro atoms. The van der Waals surface area contributed by atoms with E-state index in [4.69, 9.17) is 4.74 Å². The van der Waals surface area contributed by atoms with Crippen molar-refractivity contribution in [2.45, 2.75) is 19.9 Å². The molecule has 0 saturated carbocycles. The maximum absolute atomic E-state index is 12.0. The molecular formula is C13H15BrN2O2. The summed E-state index contributed by atoms with van der Waals surface area (Å²) in [5.41, 5.74) is 0.886. The summed E-state index contributed by atoms with van der Waals surface area (Å²) in [6.07, 6.45) is 0. The van der Waals surface area contributed by atoms with Crippen molar-refractivity contribution >= 4 is 32.2 Å². The van der Waals surface area contributed by atoms with Gasteiger partial charge in [-0.2, -0.15) is 5.10 Å². The van der Waals surface area contributed by atoms with Crippen molar-refractivity contribution in [1.82, 2.24) is 0 Å². The smallest absolute Gasteiger partial charge is 0.331 e. The number of hydrogen-bond acceptors (Lipinski definition) is 4. The largest absolute Gasteiger partial charge is 0.464 e. The number of carbonyl (C=O) groups excluding carboxylic acids is 1. The average molecular weight is 311 g/mol. The van der Waals surface area contributed by atoms with Crippen LogP contribution in [0.3, 0.4) is 0 Å². The van der Waals surface area contributed by atoms with E-state index in [1.807, 2.05) is 37.3 Å². The maximum Gasteiger partial charge on any atom is 0.331 e. The first-order valence-corrected chi connectivity index (χ1v) is 6.69. The number of nitrogens with zero attached hydrogens (tertiary/aromatic N) is 2. The van der Waals surface area contributed by atoms with Gasteiger partial charge >= 0.3 is 5.97 Å². The molecule has 0 bridgehead atoms. The molecule has 5 heteroatoms. The van der Waals surface area contributed by atoms with E-state index >= 15 is 0 Å². The third kappa shape index (κ3) is 2.41. The topological polar surface area (TPSA) is 41.9 Å². The minimum Gasteiger partial charge on any atom is -0.464 e. The zero-order chi connectivity index (χ0) is 13.1. The molecule has 4 nitrogen and oxygen atoms in total. The number of hydrogen-bond donors (Lipinski definition) is 0. The number of para-hydroxylation sites is 1. The predicted molar refractivity (Wildman–Crippen MR) is 74.9 cm³/mol. The van der Waals surface area contributed by atoms with Gasteiger partial charge in [0.25, 0.3) is 0 Å². The Balaban J connectivity index is 2.29. The Bertz CT molecular complexity index is 461. The summed E-state index contributed by atoms with van der Waals surface area (Å²) in [7, 11) is 0. The highest BCUT2D eigenvalue weighted by molar-refractivity contribution is 9.18. The van der Waals surface area contributed by atoms with Crippen LogP contribution in [0.15, 0.2) is 35.4 Å². The maximum atomic E-state index is 12.0. The van der Waals surface area contributed by atoms with E-state index in [9.17, 15) is 4.79 Å². The highest BCUT2D eigenvalue weighted by atomic mass is 79.9. The molecule has 0 amide bonds. The Morgan fingerprint density at radius 2 is 2.11 bits per heavy atom. The van der Waals surface area contributed by atoms with Crippen LogP contribution < -0.4 is 5.01 Å². The van der Waals surface area contributed by atoms with E-state index in [2.05, 4.69) is 21.0 Å². The van der Waals surface area contributed by atoms with Gasteiger partial charge in [-0.05, 0) is 35.0 Å². The van der Waals surface area contributed by atoms with Crippen LogP contribution in [0.1, 0.15) is 13.8 Å². The number of carbonyl (C=O) groups is 1. The summed E-state index contributed by atoms with van der Waals surface area (Å²) in [6, 6.07) is 9.22. The van der Waals surface area contributed by atoms with Gasteiger partial charge in [-0.25, -0.2) is 9.80 Å². The van der Waals surface area contributed by atoms with Crippen LogP contribution >= 0.6 is 15.9 Å². The van der Waals surface area contributed by atoms with Crippen molar-refractivity contribution < 1.29 is 9.53 Å². The standard InChI is InChI=1S/C13H15BrN2O2/c1-3-18-13(17)11-9(2)12(14)15-16(11)10-7-5-4-6-8-10/h4-9,11H,3H2,1-2H3/t9-,11+/m0/s1. The second-order valence-electron chi connectivity index (χ2n) is 4.09. The van der Waals surface area contributed by atoms with Crippen LogP contribution in [0.2, 0.25) is 0 Å². The van der Waals surface area contributed by atoms with Gasteiger partial charge < -0.3 is 4.74 Å². The molecular weight excluding hydrogens is 296 g/mol. The van der Waals surface area contributed by atoms with E-state index < -0.39 is 6.04 Å². The monoisotopic (exact) mass is 310 g/mol. The fraction of sp³-hybridized carbons (Fsp3) is 0.385. The SMILES string of the molecule is CCOC(=O)[C@H]1[C@H](C)C(Br)=NN1c1ccccc1. The fourth-order valence-electron chi connectivity index (χ4n) is 1.93. The fourth-order valence-corrected chi connectivity index (χ4v) is 2.35. The highest BCUT2D eigenvalue weighted by Crippen LogP contribution is 2.30. The van der Waals surface area contributed by atoms with Crippen LogP contribution in [0.25, 0.3) is 0 Å². The Hall–Kier alpha value is -1.36. The Morgan fingerprint density at radius 3 is 2.72 bits per heavy atom. The van der Waals surface area contributed by atoms with Gasteiger partial charge in [0.05, 0.1) is 12.3 Å². The molecule has 0 N–H and O–H groups in total. The second kappa shape index (κ2) is 5.52. The van der Waals surface area contributed by atoms with Crippen molar-refractivity contribution in [2.75, 3.05) is 11.6 Å². The first-order valence-electron chi connectivity index (χ1n) is 5.90. The molecule has 0 fully saturated rings. The van der Waals surface area contributed by atoms with Crippen molar-refractivity contribution in [3.05, 3.63) is 30.3 Å². The molecule has 18 heavy (non-hydrogen) atoms. The van der Waals surface area contributed by atoms with Crippen molar-refractivity contribution in [1.29, 1.82) is 0 Å². The molecule has 2 rings (SSSR count). The lowest BCUT2D eigenvalue weighted by molar-refractivity contribution is -0.145. The van der Waals surface area contributed by atoms with Gasteiger partial charge in [0.2, 0.25) is 0 Å². The summed E-state index contributed by atoms with van der Waals surface area (Å²) in [4.78, 5) is 12.0. The lowest BCUT2D eigenvalue weighted by atomic mass is 10.0. The van der Waals surface area contributed by atoms with Crippen molar-refractivity contribution in [3.8, 4) is 0 Å². The van der Waals surface area contributed by atoms with Gasteiger partial charge in [0.1, 0.15) is 4.62 Å². The Kier molecular flexibility index (Phi) is 4.01. The molecule has 1 aliphatic rings. The van der Waals surface area contributed by atoms with Crippen LogP contribution in [0.4, 0.5) is 5.69 Å². The minimum atomic E-state index is -0.401. The normalized spacial score (nSPS) is 22.8. The zero-order valence-corrected chi connectivity index (χ0v) is 11.9. The van der Waals surface area contributed by atoms with Gasteiger partial charge in [-0.15, -0.1) is 0 Å². The third-order valence-corrected chi connectivity index (χ3v) is 3.75. The van der Waals surface area contributed by atoms with Crippen molar-refractivity contribution in [3.63, 3.8) is 0 Å². The molecule has 1 aliphatic heterocycles. The molecule has 0 radical (unpaired) electrons. The van der Waals surface area contributed by atoms with Gasteiger partial charge in [-0.1, -0.05) is 25.1 Å². The molecule has 0 unspecified atom stereocenters. The molecule has 0 aromatic heterocycles. The molecule has 2 atom stereocenters. The van der Waals surface area contributed by atoms with Crippen LogP contribution in [-0.2, 0) is 9.53 Å². The van der Waals surface area contributed by atoms with Gasteiger partial charge in [0, 0.05) is 5.92 Å². The number of ether oxygens (including phenoxy) is 1. The first-order chi connectivity index (χ1) is 8.65. The first kappa shape index (κ1) is 13.1. The quantitative estimate of drug-likeness (QED) is 0.806. The molecule has 1 aromatic carbocycles. The summed E-state index contributed by atoms with van der Waals surface area (Å²) in [6.45, 7) is 4.14. The van der Waals surface area contributed by atoms with E-state index in [1.54, 1.807) is 11.9 Å². The van der Waals surface area contributed by atoms with Crippen LogP contribution in [0.5, 0.6) is 0 Å². The summed E-state index contributed by atoms with van der Waals surface area (Å²) in [5.74, 6) is -0.253. The van der Waals surface area contributed by atoms with Crippen LogP contribution in [-0.4, -0.2) is 23.2 Å². The van der Waals surface area contributed by atoms with E-state index in [-0.39, 0.29) is 11.9 Å². The third-order valence-electron chi connectivity index (χ3n) is 2.86. The summed E-state index contributed by atoms with van der Waals surface area (Å²) in [5, 5.41) is 6.11. The van der Waals surface area contributed by atoms with E-state index in [0.29, 0.717) is 6.61 Å². The minimum absolute atomic E-state index is 0.00995. The van der Waals surface area contributed by atoms with Gasteiger partial charge in [0.15, 0.2) is 6.04 Å². The van der Waals surface area contributed by atoms with Gasteiger partial charge in [-0.3, -0.25) is 0 Å². The number of rotatable bonds is 3. The molecule has 96 valence electrons. The Morgan fingerprint density at radius 1 is 1.44 bits per heavy atom. The van der Waals surface area contributed by atoms with Crippen LogP contribution in [0, 0.1) is 5.92 Å². The molecule has 0 aliphatic carbocycles. The van der Waals surface area contributed by atoms with E-state index in [0.717, 1.165) is 10.3 Å². The van der Waals surface area contributed by atoms with Crippen molar-refractivity contribution in [2.24, 2.45) is 11.0 Å². The lowest BCUT2D eigenvalue weighted by Crippen LogP contribution is -2.40. The lowest BCUT2D eigenvalue weighted by Gasteiger charge is -2.24. The Labute approximate surface area is 115 Å². The highest BCUT2D eigenvalue weighted by Gasteiger charge is 2.40. The van der Waals surface area contributed by atoms with E-state index in [1.165, 1.54) is 0 Å². The summed E-state index contributed by atoms with van der Waals surface area (Å²) >= 11 is 3.40. The second-order valence-corrected chi connectivity index (χ2v) is 4.90.